The van der Waals surface area contributed by atoms with Crippen LogP contribution in [0.1, 0.15) is 11.3 Å². The highest BCUT2D eigenvalue weighted by molar-refractivity contribution is 6.35. The van der Waals surface area contributed by atoms with E-state index in [0.29, 0.717) is 35.3 Å². The van der Waals surface area contributed by atoms with Gasteiger partial charge in [-0.25, -0.2) is 9.67 Å². The van der Waals surface area contributed by atoms with Gasteiger partial charge in [-0.2, -0.15) is 5.10 Å². The van der Waals surface area contributed by atoms with Crippen molar-refractivity contribution in [2.24, 2.45) is 0 Å². The summed E-state index contributed by atoms with van der Waals surface area (Å²) in [5.41, 5.74) is 3.35. The lowest BCUT2D eigenvalue weighted by Gasteiger charge is -2.35. The van der Waals surface area contributed by atoms with Crippen molar-refractivity contribution in [3.05, 3.63) is 70.2 Å². The number of hydrogen-bond donors (Lipinski definition) is 0. The Balaban J connectivity index is 1.27. The molecule has 33 heavy (non-hydrogen) atoms. The minimum Gasteiger partial charge on any atom is -0.464 e. The van der Waals surface area contributed by atoms with E-state index in [4.69, 9.17) is 27.6 Å². The largest absolute Gasteiger partial charge is 0.464 e. The molecule has 0 atom stereocenters. The molecule has 1 aliphatic heterocycles. The zero-order valence-corrected chi connectivity index (χ0v) is 19.7. The SMILES string of the molecule is Cc1nn(CC(=O)N2CCN(Cc3c(Cl)cccc3Cl)CC2)c2nccc(-c3ccco3)c12. The van der Waals surface area contributed by atoms with Crippen molar-refractivity contribution in [3.63, 3.8) is 0 Å². The third kappa shape index (κ3) is 4.36. The molecule has 0 saturated carbocycles. The Kier molecular flexibility index (Phi) is 6.10. The van der Waals surface area contributed by atoms with Crippen LogP contribution in [0.25, 0.3) is 22.4 Å². The fraction of sp³-hybridized carbons (Fsp3) is 0.292. The summed E-state index contributed by atoms with van der Waals surface area (Å²) in [6.07, 6.45) is 3.37. The Morgan fingerprint density at radius 2 is 1.82 bits per heavy atom. The molecule has 0 aliphatic carbocycles. The summed E-state index contributed by atoms with van der Waals surface area (Å²) in [5.74, 6) is 0.783. The van der Waals surface area contributed by atoms with E-state index in [-0.39, 0.29) is 12.5 Å². The molecule has 1 saturated heterocycles. The number of aryl methyl sites for hydroxylation is 1. The number of halogens is 2. The highest BCUT2D eigenvalue weighted by Gasteiger charge is 2.24. The molecule has 1 fully saturated rings. The molecule has 4 aromatic rings. The van der Waals surface area contributed by atoms with Crippen LogP contribution in [0, 0.1) is 6.92 Å². The number of benzene rings is 1. The number of carbonyl (C=O) groups is 1. The van der Waals surface area contributed by atoms with Crippen LogP contribution in [0.2, 0.25) is 10.0 Å². The van der Waals surface area contributed by atoms with E-state index >= 15 is 0 Å². The summed E-state index contributed by atoms with van der Waals surface area (Å²) >= 11 is 12.6. The zero-order valence-electron chi connectivity index (χ0n) is 18.2. The molecular weight excluding hydrogens is 461 g/mol. The van der Waals surface area contributed by atoms with Crippen molar-refractivity contribution in [2.75, 3.05) is 26.2 Å². The minimum atomic E-state index is 0.0278. The molecule has 3 aromatic heterocycles. The van der Waals surface area contributed by atoms with Gasteiger partial charge in [-0.05, 0) is 37.3 Å². The first kappa shape index (κ1) is 21.9. The second kappa shape index (κ2) is 9.17. The Bertz CT molecular complexity index is 1270. The maximum absolute atomic E-state index is 13.1. The molecule has 1 aliphatic rings. The monoisotopic (exact) mass is 483 g/mol. The van der Waals surface area contributed by atoms with E-state index in [1.54, 1.807) is 17.1 Å². The predicted molar refractivity (Wildman–Crippen MR) is 128 cm³/mol. The number of amides is 1. The maximum atomic E-state index is 13.1. The van der Waals surface area contributed by atoms with Crippen LogP contribution in [-0.4, -0.2) is 56.7 Å². The summed E-state index contributed by atoms with van der Waals surface area (Å²) < 4.78 is 7.26. The number of fused-ring (bicyclic) bond motifs is 1. The van der Waals surface area contributed by atoms with Gasteiger partial charge in [0.25, 0.3) is 0 Å². The molecule has 0 bridgehead atoms. The Hall–Kier alpha value is -2.87. The quantitative estimate of drug-likeness (QED) is 0.413. The number of carbonyl (C=O) groups excluding carboxylic acids is 1. The molecular formula is C24H23Cl2N5O2. The minimum absolute atomic E-state index is 0.0278. The van der Waals surface area contributed by atoms with Crippen LogP contribution in [0.15, 0.2) is 53.3 Å². The van der Waals surface area contributed by atoms with Gasteiger partial charge in [0, 0.05) is 60.1 Å². The highest BCUT2D eigenvalue weighted by Crippen LogP contribution is 2.30. The van der Waals surface area contributed by atoms with Crippen LogP contribution in [0.4, 0.5) is 0 Å². The van der Waals surface area contributed by atoms with E-state index in [2.05, 4.69) is 15.0 Å². The van der Waals surface area contributed by atoms with Gasteiger partial charge in [0.05, 0.1) is 17.3 Å². The molecule has 0 N–H and O–H groups in total. The molecule has 1 aromatic carbocycles. The number of piperazine rings is 1. The Morgan fingerprint density at radius 3 is 2.52 bits per heavy atom. The van der Waals surface area contributed by atoms with Crippen molar-refractivity contribution in [1.29, 1.82) is 0 Å². The van der Waals surface area contributed by atoms with E-state index in [9.17, 15) is 4.79 Å². The first-order valence-corrected chi connectivity index (χ1v) is 11.6. The first-order valence-electron chi connectivity index (χ1n) is 10.8. The van der Waals surface area contributed by atoms with E-state index in [1.807, 2.05) is 48.2 Å². The molecule has 0 spiro atoms. The summed E-state index contributed by atoms with van der Waals surface area (Å²) in [6, 6.07) is 11.2. The molecule has 1 amide bonds. The number of pyridine rings is 1. The molecule has 0 radical (unpaired) electrons. The highest BCUT2D eigenvalue weighted by atomic mass is 35.5. The van der Waals surface area contributed by atoms with Crippen LogP contribution >= 0.6 is 23.2 Å². The fourth-order valence-electron chi connectivity index (χ4n) is 4.32. The molecule has 5 rings (SSSR count). The van der Waals surface area contributed by atoms with Crippen molar-refractivity contribution in [3.8, 4) is 11.3 Å². The smallest absolute Gasteiger partial charge is 0.244 e. The summed E-state index contributed by atoms with van der Waals surface area (Å²) in [5, 5.41) is 6.85. The van der Waals surface area contributed by atoms with Crippen LogP contribution in [-0.2, 0) is 17.9 Å². The van der Waals surface area contributed by atoms with Crippen molar-refractivity contribution in [2.45, 2.75) is 20.0 Å². The lowest BCUT2D eigenvalue weighted by atomic mass is 10.1. The summed E-state index contributed by atoms with van der Waals surface area (Å²) in [6.45, 7) is 5.54. The Morgan fingerprint density at radius 1 is 1.06 bits per heavy atom. The summed E-state index contributed by atoms with van der Waals surface area (Å²) in [7, 11) is 0. The van der Waals surface area contributed by atoms with Crippen molar-refractivity contribution >= 4 is 40.1 Å². The second-order valence-corrected chi connectivity index (χ2v) is 8.95. The number of furan rings is 1. The molecule has 170 valence electrons. The van der Waals surface area contributed by atoms with Crippen LogP contribution in [0.3, 0.4) is 0 Å². The molecule has 7 nitrogen and oxygen atoms in total. The predicted octanol–water partition coefficient (Wildman–Crippen LogP) is 4.65. The van der Waals surface area contributed by atoms with E-state index in [0.717, 1.165) is 41.1 Å². The number of aromatic nitrogens is 3. The van der Waals surface area contributed by atoms with Gasteiger partial charge in [-0.3, -0.25) is 9.69 Å². The first-order chi connectivity index (χ1) is 16.0. The standard InChI is InChI=1S/C24H23Cl2N5O2/c1-16-23-17(21-6-3-13-33-21)7-8-27-24(23)31(28-16)15-22(32)30-11-9-29(10-12-30)14-18-19(25)4-2-5-20(18)26/h2-8,13H,9-12,14-15H2,1H3. The second-order valence-electron chi connectivity index (χ2n) is 8.13. The lowest BCUT2D eigenvalue weighted by Crippen LogP contribution is -2.49. The molecule has 9 heteroatoms. The van der Waals surface area contributed by atoms with Gasteiger partial charge in [0.1, 0.15) is 12.3 Å². The number of hydrogen-bond acceptors (Lipinski definition) is 5. The van der Waals surface area contributed by atoms with Crippen LogP contribution < -0.4 is 0 Å². The van der Waals surface area contributed by atoms with Crippen molar-refractivity contribution in [1.82, 2.24) is 24.6 Å². The topological polar surface area (TPSA) is 67.4 Å². The van der Waals surface area contributed by atoms with Gasteiger partial charge < -0.3 is 9.32 Å². The van der Waals surface area contributed by atoms with Gasteiger partial charge in [-0.1, -0.05) is 29.3 Å². The van der Waals surface area contributed by atoms with Gasteiger partial charge in [-0.15, -0.1) is 0 Å². The van der Waals surface area contributed by atoms with E-state index in [1.165, 1.54) is 0 Å². The zero-order chi connectivity index (χ0) is 22.9. The van der Waals surface area contributed by atoms with E-state index < -0.39 is 0 Å². The van der Waals surface area contributed by atoms with Gasteiger partial charge >= 0.3 is 0 Å². The number of rotatable bonds is 5. The lowest BCUT2D eigenvalue weighted by molar-refractivity contribution is -0.133. The summed E-state index contributed by atoms with van der Waals surface area (Å²) in [4.78, 5) is 21.7. The normalized spacial score (nSPS) is 14.8. The third-order valence-electron chi connectivity index (χ3n) is 6.05. The van der Waals surface area contributed by atoms with Crippen LogP contribution in [0.5, 0.6) is 0 Å². The molecule has 0 unspecified atom stereocenters. The average molecular weight is 484 g/mol. The maximum Gasteiger partial charge on any atom is 0.244 e. The molecule has 4 heterocycles. The van der Waals surface area contributed by atoms with Gasteiger partial charge in [0.15, 0.2) is 5.65 Å². The van der Waals surface area contributed by atoms with Crippen molar-refractivity contribution < 1.29 is 9.21 Å². The Labute approximate surface area is 201 Å². The average Bonchev–Trinajstić information content (AvgIpc) is 3.46. The van der Waals surface area contributed by atoms with Gasteiger partial charge in [0.2, 0.25) is 5.91 Å². The number of nitrogens with zero attached hydrogens (tertiary/aromatic N) is 5. The fourth-order valence-corrected chi connectivity index (χ4v) is 4.84. The third-order valence-corrected chi connectivity index (χ3v) is 6.76.